The lowest BCUT2D eigenvalue weighted by atomic mass is 9.99. The zero-order valence-corrected chi connectivity index (χ0v) is 16.9. The van der Waals surface area contributed by atoms with Gasteiger partial charge < -0.3 is 20.7 Å². The molecule has 1 amide bonds. The molecule has 2 aliphatic rings. The van der Waals surface area contributed by atoms with Crippen LogP contribution in [0.3, 0.4) is 0 Å². The molecule has 30 heavy (non-hydrogen) atoms. The van der Waals surface area contributed by atoms with E-state index in [1.807, 2.05) is 0 Å². The highest BCUT2D eigenvalue weighted by molar-refractivity contribution is 5.92. The standard InChI is InChI=1S/C21H27FN6O2/c22-17-11-26-19(28-21(29)15-2-1-5-23-10-15)8-16(17)18-12-24-13-20(27-18)25-9-14-3-6-30-7-4-14/h8,11-15,23H,1-7,9-10H2,(H,25,27)(H,26,28,29)/t15-/m1/s1. The molecule has 2 saturated heterocycles. The van der Waals surface area contributed by atoms with E-state index in [9.17, 15) is 9.18 Å². The van der Waals surface area contributed by atoms with Crippen molar-refractivity contribution in [1.29, 1.82) is 0 Å². The first-order valence-electron chi connectivity index (χ1n) is 10.5. The second-order valence-corrected chi connectivity index (χ2v) is 7.81. The Bertz CT molecular complexity index is 868. The van der Waals surface area contributed by atoms with Crippen molar-refractivity contribution in [2.24, 2.45) is 11.8 Å². The Kier molecular flexibility index (Phi) is 6.81. The maximum absolute atomic E-state index is 14.5. The summed E-state index contributed by atoms with van der Waals surface area (Å²) >= 11 is 0. The van der Waals surface area contributed by atoms with Crippen LogP contribution in [-0.2, 0) is 9.53 Å². The average Bonchev–Trinajstić information content (AvgIpc) is 2.80. The molecule has 0 aliphatic carbocycles. The van der Waals surface area contributed by atoms with E-state index in [4.69, 9.17) is 4.74 Å². The van der Waals surface area contributed by atoms with Crippen molar-refractivity contribution in [3.8, 4) is 11.3 Å². The van der Waals surface area contributed by atoms with Gasteiger partial charge in [-0.3, -0.25) is 9.78 Å². The van der Waals surface area contributed by atoms with Gasteiger partial charge in [-0.25, -0.2) is 14.4 Å². The molecule has 1 atom stereocenters. The smallest absolute Gasteiger partial charge is 0.229 e. The molecular weight excluding hydrogens is 387 g/mol. The average molecular weight is 414 g/mol. The predicted molar refractivity (Wildman–Crippen MR) is 111 cm³/mol. The number of pyridine rings is 1. The topological polar surface area (TPSA) is 101 Å². The van der Waals surface area contributed by atoms with E-state index in [1.54, 1.807) is 6.20 Å². The molecule has 2 aromatic rings. The van der Waals surface area contributed by atoms with E-state index in [0.717, 1.165) is 58.2 Å². The number of amides is 1. The van der Waals surface area contributed by atoms with Crippen LogP contribution in [0.1, 0.15) is 25.7 Å². The van der Waals surface area contributed by atoms with Gasteiger partial charge in [-0.15, -0.1) is 0 Å². The van der Waals surface area contributed by atoms with E-state index >= 15 is 0 Å². The van der Waals surface area contributed by atoms with E-state index in [1.165, 1.54) is 12.3 Å². The molecule has 4 rings (SSSR count). The van der Waals surface area contributed by atoms with Gasteiger partial charge in [0.25, 0.3) is 0 Å². The number of halogens is 1. The third kappa shape index (κ3) is 5.28. The second kappa shape index (κ2) is 9.90. The lowest BCUT2D eigenvalue weighted by molar-refractivity contribution is -0.120. The van der Waals surface area contributed by atoms with Gasteiger partial charge >= 0.3 is 0 Å². The van der Waals surface area contributed by atoms with Gasteiger partial charge in [0, 0.05) is 31.9 Å². The maximum atomic E-state index is 14.5. The first-order valence-corrected chi connectivity index (χ1v) is 10.5. The van der Waals surface area contributed by atoms with E-state index in [-0.39, 0.29) is 17.4 Å². The minimum atomic E-state index is -0.511. The van der Waals surface area contributed by atoms with Gasteiger partial charge in [0.1, 0.15) is 11.6 Å². The van der Waals surface area contributed by atoms with Gasteiger partial charge in [-0.2, -0.15) is 0 Å². The number of hydrogen-bond donors (Lipinski definition) is 3. The zero-order valence-electron chi connectivity index (χ0n) is 16.9. The summed E-state index contributed by atoms with van der Waals surface area (Å²) < 4.78 is 19.9. The van der Waals surface area contributed by atoms with Gasteiger partial charge in [-0.05, 0) is 44.2 Å². The van der Waals surface area contributed by atoms with Gasteiger partial charge in [0.2, 0.25) is 5.91 Å². The van der Waals surface area contributed by atoms with Crippen LogP contribution >= 0.6 is 0 Å². The summed E-state index contributed by atoms with van der Waals surface area (Å²) in [7, 11) is 0. The summed E-state index contributed by atoms with van der Waals surface area (Å²) in [6, 6.07) is 1.51. The Morgan fingerprint density at radius 1 is 1.20 bits per heavy atom. The maximum Gasteiger partial charge on any atom is 0.229 e. The Morgan fingerprint density at radius 2 is 2.07 bits per heavy atom. The number of carbonyl (C=O) groups is 1. The Labute approximate surface area is 175 Å². The third-order valence-electron chi connectivity index (χ3n) is 5.60. The molecule has 2 fully saturated rings. The molecule has 0 saturated carbocycles. The minimum absolute atomic E-state index is 0.105. The van der Waals surface area contributed by atoms with Gasteiger partial charge in [-0.1, -0.05) is 0 Å². The van der Waals surface area contributed by atoms with E-state index in [2.05, 4.69) is 30.9 Å². The summed E-state index contributed by atoms with van der Waals surface area (Å²) in [6.07, 6.45) is 8.06. The quantitative estimate of drug-likeness (QED) is 0.667. The molecule has 4 heterocycles. The number of nitrogens with one attached hydrogen (secondary N) is 3. The number of nitrogens with zero attached hydrogens (tertiary/aromatic N) is 3. The van der Waals surface area contributed by atoms with Crippen LogP contribution in [0.15, 0.2) is 24.7 Å². The molecule has 2 aromatic heterocycles. The Morgan fingerprint density at radius 3 is 2.87 bits per heavy atom. The van der Waals surface area contributed by atoms with Gasteiger partial charge in [0.15, 0.2) is 5.82 Å². The van der Waals surface area contributed by atoms with Crippen molar-refractivity contribution in [2.75, 3.05) is 43.5 Å². The van der Waals surface area contributed by atoms with E-state index < -0.39 is 5.82 Å². The number of aromatic nitrogens is 3. The molecule has 2 aliphatic heterocycles. The summed E-state index contributed by atoms with van der Waals surface area (Å²) in [5.41, 5.74) is 0.644. The van der Waals surface area contributed by atoms with Crippen LogP contribution in [-0.4, -0.2) is 53.7 Å². The van der Waals surface area contributed by atoms with E-state index in [0.29, 0.717) is 29.8 Å². The zero-order chi connectivity index (χ0) is 20.8. The molecule has 3 N–H and O–H groups in total. The van der Waals surface area contributed by atoms with Crippen molar-refractivity contribution >= 4 is 17.5 Å². The SMILES string of the molecule is O=C(Nc1cc(-c2cncc(NCC3CCOCC3)n2)c(F)cn1)[C@@H]1CCCNC1. The molecule has 0 spiro atoms. The summed E-state index contributed by atoms with van der Waals surface area (Å²) in [4.78, 5) is 25.2. The Hall–Kier alpha value is -2.65. The number of hydrogen-bond acceptors (Lipinski definition) is 7. The van der Waals surface area contributed by atoms with Crippen molar-refractivity contribution in [3.63, 3.8) is 0 Å². The molecule has 0 radical (unpaired) electrons. The Balaban J connectivity index is 1.45. The highest BCUT2D eigenvalue weighted by Crippen LogP contribution is 2.24. The molecule has 8 nitrogen and oxygen atoms in total. The first kappa shape index (κ1) is 20.6. The summed E-state index contributed by atoms with van der Waals surface area (Å²) in [5, 5.41) is 9.31. The number of carbonyl (C=O) groups excluding carboxylic acids is 1. The molecule has 0 unspecified atom stereocenters. The number of ether oxygens (including phenoxy) is 1. The molecular formula is C21H27FN6O2. The number of anilines is 2. The van der Waals surface area contributed by atoms with Crippen LogP contribution < -0.4 is 16.0 Å². The molecule has 0 bridgehead atoms. The van der Waals surface area contributed by atoms with Crippen LogP contribution in [0, 0.1) is 17.7 Å². The van der Waals surface area contributed by atoms with Gasteiger partial charge in [0.05, 0.1) is 30.2 Å². The summed E-state index contributed by atoms with van der Waals surface area (Å²) in [5.74, 6) is 0.705. The highest BCUT2D eigenvalue weighted by atomic mass is 19.1. The van der Waals surface area contributed by atoms with Crippen molar-refractivity contribution in [3.05, 3.63) is 30.5 Å². The first-order chi connectivity index (χ1) is 14.7. The molecule has 0 aromatic carbocycles. The largest absolute Gasteiger partial charge is 0.381 e. The molecule has 9 heteroatoms. The molecule has 160 valence electrons. The lowest BCUT2D eigenvalue weighted by Crippen LogP contribution is -2.37. The number of rotatable bonds is 6. The third-order valence-corrected chi connectivity index (χ3v) is 5.60. The van der Waals surface area contributed by atoms with Crippen molar-refractivity contribution in [2.45, 2.75) is 25.7 Å². The normalized spacial score (nSPS) is 20.0. The second-order valence-electron chi connectivity index (χ2n) is 7.81. The summed E-state index contributed by atoms with van der Waals surface area (Å²) in [6.45, 7) is 3.92. The van der Waals surface area contributed by atoms with Crippen molar-refractivity contribution in [1.82, 2.24) is 20.3 Å². The fourth-order valence-electron chi connectivity index (χ4n) is 3.79. The lowest BCUT2D eigenvalue weighted by Gasteiger charge is -2.22. The monoisotopic (exact) mass is 414 g/mol. The fraction of sp³-hybridized carbons (Fsp3) is 0.524. The number of piperidine rings is 1. The fourth-order valence-corrected chi connectivity index (χ4v) is 3.79. The van der Waals surface area contributed by atoms with Crippen LogP contribution in [0.25, 0.3) is 11.3 Å². The van der Waals surface area contributed by atoms with Crippen LogP contribution in [0.4, 0.5) is 16.0 Å². The van der Waals surface area contributed by atoms with Crippen molar-refractivity contribution < 1.29 is 13.9 Å². The highest BCUT2D eigenvalue weighted by Gasteiger charge is 2.22. The van der Waals surface area contributed by atoms with Crippen LogP contribution in [0.2, 0.25) is 0 Å². The predicted octanol–water partition coefficient (Wildman–Crippen LogP) is 2.45. The van der Waals surface area contributed by atoms with Crippen LogP contribution in [0.5, 0.6) is 0 Å². The minimum Gasteiger partial charge on any atom is -0.381 e.